The zero-order valence-corrected chi connectivity index (χ0v) is 12.3. The van der Waals surface area contributed by atoms with E-state index in [0.717, 1.165) is 5.56 Å². The molecule has 4 atom stereocenters. The second-order valence-corrected chi connectivity index (χ2v) is 6.62. The summed E-state index contributed by atoms with van der Waals surface area (Å²) in [5.41, 5.74) is -0.949. The third kappa shape index (κ3) is 1.87. The Morgan fingerprint density at radius 2 is 1.84 bits per heavy atom. The molecule has 1 aliphatic heterocycles. The molecule has 4 unspecified atom stereocenters. The van der Waals surface area contributed by atoms with E-state index < -0.39 is 23.0 Å². The van der Waals surface area contributed by atoms with Crippen LogP contribution >= 0.6 is 8.20 Å². The molecular formula is C14H20NO3P. The Morgan fingerprint density at radius 1 is 1.32 bits per heavy atom. The average Bonchev–Trinajstić information content (AvgIpc) is 2.50. The molecule has 0 aromatic heterocycles. The van der Waals surface area contributed by atoms with Gasteiger partial charge in [0.15, 0.2) is 17.5 Å². The van der Waals surface area contributed by atoms with E-state index in [1.165, 1.54) is 0 Å². The number of nitrogens with one attached hydrogen (secondary N) is 1. The zero-order chi connectivity index (χ0) is 14.4. The van der Waals surface area contributed by atoms with Crippen LogP contribution in [0.25, 0.3) is 0 Å². The van der Waals surface area contributed by atoms with Crippen molar-refractivity contribution in [2.45, 2.75) is 43.8 Å². The number of hydrogen-bond acceptors (Lipinski definition) is 3. The van der Waals surface area contributed by atoms with E-state index in [9.17, 15) is 15.4 Å². The highest BCUT2D eigenvalue weighted by molar-refractivity contribution is 7.37. The first-order chi connectivity index (χ1) is 8.76. The van der Waals surface area contributed by atoms with Crippen LogP contribution in [0.4, 0.5) is 0 Å². The molecule has 0 aliphatic carbocycles. The molecule has 1 aromatic carbocycles. The summed E-state index contributed by atoms with van der Waals surface area (Å²) in [5, 5.41) is 33.7. The number of aliphatic hydroxyl groups excluding tert-OH is 1. The Hall–Kier alpha value is -0.770. The summed E-state index contributed by atoms with van der Waals surface area (Å²) in [5.74, 6) is -0.638. The van der Waals surface area contributed by atoms with Crippen molar-refractivity contribution in [3.63, 3.8) is 0 Å². The molecule has 0 amide bonds. The van der Waals surface area contributed by atoms with Crippen molar-refractivity contribution in [2.24, 2.45) is 0 Å². The van der Waals surface area contributed by atoms with E-state index in [4.69, 9.17) is 0 Å². The quantitative estimate of drug-likeness (QED) is 0.544. The van der Waals surface area contributed by atoms with Crippen molar-refractivity contribution in [2.75, 3.05) is 0 Å². The lowest BCUT2D eigenvalue weighted by Gasteiger charge is -2.41. The van der Waals surface area contributed by atoms with Crippen molar-refractivity contribution in [3.8, 4) is 0 Å². The van der Waals surface area contributed by atoms with E-state index in [1.807, 2.05) is 19.1 Å². The minimum absolute atomic E-state index is 0.139. The predicted octanol–water partition coefficient (Wildman–Crippen LogP) is 0.423. The van der Waals surface area contributed by atoms with Crippen LogP contribution in [0.2, 0.25) is 0 Å². The fraction of sp³-hybridized carbons (Fsp3) is 0.500. The monoisotopic (exact) mass is 281 g/mol. The molecule has 4 nitrogen and oxygen atoms in total. The maximum Gasteiger partial charge on any atom is 0.176 e. The fourth-order valence-electron chi connectivity index (χ4n) is 2.82. The summed E-state index contributed by atoms with van der Waals surface area (Å²) in [6, 6.07) is 7.29. The smallest absolute Gasteiger partial charge is 0.176 e. The lowest BCUT2D eigenvalue weighted by molar-refractivity contribution is -0.902. The van der Waals surface area contributed by atoms with Crippen molar-refractivity contribution in [3.05, 3.63) is 40.6 Å². The van der Waals surface area contributed by atoms with Crippen LogP contribution in [0.3, 0.4) is 0 Å². The van der Waals surface area contributed by atoms with Crippen molar-refractivity contribution < 1.29 is 15.3 Å². The molecule has 1 aromatic rings. The van der Waals surface area contributed by atoms with E-state index in [1.54, 1.807) is 26.0 Å². The third-order valence-corrected chi connectivity index (χ3v) is 5.16. The molecule has 2 rings (SSSR count). The van der Waals surface area contributed by atoms with Crippen molar-refractivity contribution in [1.82, 2.24) is 0 Å². The standard InChI is InChI=1S/C14H20NO3P/c1-9-5-7-10(8-6-9)14(17)11(16)12(19-4)15(18)13(14,2)3/h5-8,11-12,15-17H,4H2,1-3H3. The summed E-state index contributed by atoms with van der Waals surface area (Å²) < 4.78 is 0. The predicted molar refractivity (Wildman–Crippen MR) is 77.3 cm³/mol. The van der Waals surface area contributed by atoms with Gasteiger partial charge in [-0.05, 0) is 34.5 Å². The van der Waals surface area contributed by atoms with Crippen molar-refractivity contribution >= 4 is 14.5 Å². The minimum atomic E-state index is -1.56. The van der Waals surface area contributed by atoms with Gasteiger partial charge in [-0.3, -0.25) is 0 Å². The van der Waals surface area contributed by atoms with Gasteiger partial charge in [0.2, 0.25) is 0 Å². The highest BCUT2D eigenvalue weighted by Gasteiger charge is 2.65. The molecular weight excluding hydrogens is 261 g/mol. The molecule has 1 fully saturated rings. The Bertz CT molecular complexity index is 488. The number of rotatable bonds is 2. The third-order valence-electron chi connectivity index (χ3n) is 4.25. The highest BCUT2D eigenvalue weighted by Crippen LogP contribution is 2.41. The second kappa shape index (κ2) is 4.65. The van der Waals surface area contributed by atoms with Gasteiger partial charge < -0.3 is 20.5 Å². The Labute approximate surface area is 115 Å². The van der Waals surface area contributed by atoms with Gasteiger partial charge >= 0.3 is 0 Å². The summed E-state index contributed by atoms with van der Waals surface area (Å²) in [6.07, 6.45) is 2.56. The van der Waals surface area contributed by atoms with Crippen LogP contribution in [-0.4, -0.2) is 33.9 Å². The molecule has 19 heavy (non-hydrogen) atoms. The van der Waals surface area contributed by atoms with Gasteiger partial charge in [-0.15, -0.1) is 0 Å². The number of hydroxylamine groups is 2. The first kappa shape index (κ1) is 14.6. The first-order valence-corrected chi connectivity index (χ1v) is 7.39. The number of benzene rings is 1. The van der Waals surface area contributed by atoms with Crippen LogP contribution in [0, 0.1) is 12.1 Å². The van der Waals surface area contributed by atoms with E-state index in [0.29, 0.717) is 13.8 Å². The summed E-state index contributed by atoms with van der Waals surface area (Å²) in [7, 11) is 0.540. The number of quaternary nitrogens is 1. The SMILES string of the molecule is C=PC1C(O)C(O)(c2ccc(C)cc2)C(C)(C)[NH+]1[O-]. The molecule has 104 valence electrons. The average molecular weight is 281 g/mol. The van der Waals surface area contributed by atoms with E-state index in [2.05, 4.69) is 6.30 Å². The van der Waals surface area contributed by atoms with Crippen LogP contribution in [0.5, 0.6) is 0 Å². The molecule has 1 saturated heterocycles. The van der Waals surface area contributed by atoms with E-state index >= 15 is 0 Å². The van der Waals surface area contributed by atoms with Crippen LogP contribution in [-0.2, 0) is 5.60 Å². The fourth-order valence-corrected chi connectivity index (χ4v) is 3.73. The van der Waals surface area contributed by atoms with Crippen LogP contribution in [0.15, 0.2) is 24.3 Å². The van der Waals surface area contributed by atoms with Gasteiger partial charge in [-0.2, -0.15) is 0 Å². The van der Waals surface area contributed by atoms with Gasteiger partial charge in [0.1, 0.15) is 5.54 Å². The van der Waals surface area contributed by atoms with Crippen LogP contribution < -0.4 is 5.06 Å². The van der Waals surface area contributed by atoms with E-state index in [-0.39, 0.29) is 5.06 Å². The minimum Gasteiger partial charge on any atom is -0.633 e. The van der Waals surface area contributed by atoms with Gasteiger partial charge in [-0.1, -0.05) is 36.1 Å². The molecule has 0 spiro atoms. The van der Waals surface area contributed by atoms with Crippen LogP contribution in [0.1, 0.15) is 25.0 Å². The molecule has 1 aliphatic rings. The van der Waals surface area contributed by atoms with Gasteiger partial charge in [0.05, 0.1) is 0 Å². The highest BCUT2D eigenvalue weighted by atomic mass is 31.1. The van der Waals surface area contributed by atoms with Crippen molar-refractivity contribution in [1.29, 1.82) is 0 Å². The molecule has 0 bridgehead atoms. The molecule has 0 saturated carbocycles. The summed E-state index contributed by atoms with van der Waals surface area (Å²) in [6.45, 7) is 5.32. The topological polar surface area (TPSA) is 68.0 Å². The lowest BCUT2D eigenvalue weighted by atomic mass is 9.76. The maximum absolute atomic E-state index is 12.4. The summed E-state index contributed by atoms with van der Waals surface area (Å²) >= 11 is 0. The number of hydrogen-bond donors (Lipinski definition) is 3. The molecule has 0 radical (unpaired) electrons. The lowest BCUT2D eigenvalue weighted by Crippen LogP contribution is -3.16. The first-order valence-electron chi connectivity index (χ1n) is 6.24. The second-order valence-electron chi connectivity index (χ2n) is 5.69. The Balaban J connectivity index is 2.57. The molecule has 5 heteroatoms. The molecule has 1 heterocycles. The summed E-state index contributed by atoms with van der Waals surface area (Å²) in [4.78, 5) is 0. The molecule has 3 N–H and O–H groups in total. The van der Waals surface area contributed by atoms with Gasteiger partial charge in [-0.25, -0.2) is 0 Å². The normalized spacial score (nSPS) is 37.7. The largest absolute Gasteiger partial charge is 0.633 e. The number of aliphatic hydroxyl groups is 2. The van der Waals surface area contributed by atoms with Gasteiger partial charge in [0.25, 0.3) is 0 Å². The Kier molecular flexibility index (Phi) is 3.58. The number of aryl methyl sites for hydroxylation is 1. The zero-order valence-electron chi connectivity index (χ0n) is 11.4. The maximum atomic E-state index is 12.4. The Morgan fingerprint density at radius 3 is 2.26 bits per heavy atom. The van der Waals surface area contributed by atoms with Gasteiger partial charge in [0, 0.05) is 0 Å².